The first-order chi connectivity index (χ1) is 15.3. The molecular weight excluding hydrogens is 406 g/mol. The molecule has 0 aromatic carbocycles. The molecule has 11 nitrogen and oxygen atoms in total. The van der Waals surface area contributed by atoms with E-state index in [0.717, 1.165) is 6.33 Å². The average Bonchev–Trinajstić information content (AvgIpc) is 3.29. The summed E-state index contributed by atoms with van der Waals surface area (Å²) in [5, 5.41) is 24.6. The highest BCUT2D eigenvalue weighted by Crippen LogP contribution is 2.43. The molecule has 1 aliphatic rings. The van der Waals surface area contributed by atoms with E-state index in [4.69, 9.17) is 22.7 Å². The molecule has 1 fully saturated rings. The van der Waals surface area contributed by atoms with Gasteiger partial charge in [-0.3, -0.25) is 9.59 Å². The number of rotatable bonds is 6. The number of nitrogen functional groups attached to an aromatic ring is 1. The number of nitriles is 1. The van der Waals surface area contributed by atoms with Gasteiger partial charge in [0.15, 0.2) is 18.0 Å². The summed E-state index contributed by atoms with van der Waals surface area (Å²) in [4.78, 5) is 28.9. The number of carbonyl (C=O) groups excluding carboxylic acids is 2. The number of ether oxygens (including phenoxy) is 3. The minimum atomic E-state index is -3.07. The van der Waals surface area contributed by atoms with Gasteiger partial charge in [0.1, 0.15) is 24.0 Å². The van der Waals surface area contributed by atoms with Crippen molar-refractivity contribution in [2.24, 2.45) is 11.8 Å². The van der Waals surface area contributed by atoms with E-state index >= 15 is 0 Å². The van der Waals surface area contributed by atoms with Gasteiger partial charge in [-0.15, -0.1) is 0 Å². The van der Waals surface area contributed by atoms with Gasteiger partial charge in [0.2, 0.25) is 5.60 Å². The first-order valence-corrected chi connectivity index (χ1v) is 9.64. The fourth-order valence-electron chi connectivity index (χ4n) is 3.22. The zero-order valence-corrected chi connectivity index (χ0v) is 17.5. The van der Waals surface area contributed by atoms with Gasteiger partial charge in [-0.2, -0.15) is 10.4 Å². The average molecular weight is 433 g/mol. The summed E-state index contributed by atoms with van der Waals surface area (Å²) >= 11 is 0. The molecule has 1 aliphatic heterocycles. The van der Waals surface area contributed by atoms with Crippen LogP contribution in [0.5, 0.6) is 0 Å². The highest BCUT2D eigenvalue weighted by molar-refractivity contribution is 5.73. The van der Waals surface area contributed by atoms with Crippen molar-refractivity contribution in [3.63, 3.8) is 0 Å². The summed E-state index contributed by atoms with van der Waals surface area (Å²) in [6.45, 7) is 3.15. The standard InChI is InChI=1S/C20H25N5O6/c1-10(2)18(27)29-15-13(7-26)31-20(8-21,16(15)30-19(28)11(3)4)14-6-5-12-17(22)23-9-24-25(12)14/h5-6,9-11,13,15-16,26H,7H2,1-4H3,(H2,22,23,24)/t13-,15-,16-,20+/m1/s1/i7D2. The molecule has 166 valence electrons. The molecule has 1 saturated heterocycles. The number of carbonyl (C=O) groups is 2. The van der Waals surface area contributed by atoms with Crippen LogP contribution in [0.2, 0.25) is 0 Å². The summed E-state index contributed by atoms with van der Waals surface area (Å²) in [5.74, 6) is -2.67. The monoisotopic (exact) mass is 433 g/mol. The third kappa shape index (κ3) is 3.80. The Labute approximate surface area is 181 Å². The van der Waals surface area contributed by atoms with Crippen molar-refractivity contribution in [1.29, 1.82) is 5.26 Å². The quantitative estimate of drug-likeness (QED) is 0.615. The highest BCUT2D eigenvalue weighted by atomic mass is 16.6. The van der Waals surface area contributed by atoms with E-state index in [-0.39, 0.29) is 11.5 Å². The lowest BCUT2D eigenvalue weighted by molar-refractivity contribution is -0.173. The summed E-state index contributed by atoms with van der Waals surface area (Å²) in [5.41, 5.74) is 4.00. The van der Waals surface area contributed by atoms with E-state index in [2.05, 4.69) is 10.1 Å². The van der Waals surface area contributed by atoms with E-state index in [1.54, 1.807) is 27.7 Å². The van der Waals surface area contributed by atoms with Gasteiger partial charge in [-0.1, -0.05) is 27.7 Å². The summed E-state index contributed by atoms with van der Waals surface area (Å²) < 4.78 is 33.7. The Bertz CT molecular complexity index is 1110. The van der Waals surface area contributed by atoms with Crippen LogP contribution < -0.4 is 5.73 Å². The molecule has 0 bridgehead atoms. The molecule has 3 N–H and O–H groups in total. The number of esters is 2. The van der Waals surface area contributed by atoms with Crippen LogP contribution in [0, 0.1) is 23.2 Å². The second-order valence-electron chi connectivity index (χ2n) is 7.74. The summed E-state index contributed by atoms with van der Waals surface area (Å²) in [7, 11) is 0. The first kappa shape index (κ1) is 19.7. The fourth-order valence-corrected chi connectivity index (χ4v) is 3.22. The topological polar surface area (TPSA) is 162 Å². The van der Waals surface area contributed by atoms with E-state index < -0.39 is 54.2 Å². The van der Waals surface area contributed by atoms with Gasteiger partial charge in [0, 0.05) is 0 Å². The Hall–Kier alpha value is -3.23. The maximum atomic E-state index is 12.6. The maximum Gasteiger partial charge on any atom is 0.308 e. The van der Waals surface area contributed by atoms with Crippen LogP contribution in [-0.2, 0) is 29.4 Å². The Balaban J connectivity index is 2.25. The molecule has 3 heterocycles. The molecule has 0 unspecified atom stereocenters. The SMILES string of the molecule is [2H]C([2H])(O)[C@H]1O[C@@](C#N)(c2ccc3c(N)ncnn23)[C@H](OC(=O)C(C)C)[C@@H]1OC(=O)C(C)C. The lowest BCUT2D eigenvalue weighted by Gasteiger charge is -2.29. The number of hydrogen-bond donors (Lipinski definition) is 2. The van der Waals surface area contributed by atoms with Gasteiger partial charge in [-0.25, -0.2) is 9.50 Å². The van der Waals surface area contributed by atoms with Gasteiger partial charge in [0.05, 0.1) is 26.8 Å². The smallest absolute Gasteiger partial charge is 0.308 e. The maximum absolute atomic E-state index is 12.6. The van der Waals surface area contributed by atoms with Crippen molar-refractivity contribution in [1.82, 2.24) is 14.6 Å². The fraction of sp³-hybridized carbons (Fsp3) is 0.550. The molecule has 0 saturated carbocycles. The molecule has 3 rings (SSSR count). The minimum Gasteiger partial charge on any atom is -0.455 e. The Morgan fingerprint density at radius 1 is 1.35 bits per heavy atom. The number of anilines is 1. The van der Waals surface area contributed by atoms with Crippen molar-refractivity contribution in [2.45, 2.75) is 51.6 Å². The zero-order valence-electron chi connectivity index (χ0n) is 19.5. The molecule has 2 aromatic heterocycles. The van der Waals surface area contributed by atoms with Crippen LogP contribution >= 0.6 is 0 Å². The molecule has 31 heavy (non-hydrogen) atoms. The molecule has 4 atom stereocenters. The molecule has 2 aromatic rings. The predicted octanol–water partition coefficient (Wildman–Crippen LogP) is 0.557. The highest BCUT2D eigenvalue weighted by Gasteiger charge is 2.62. The van der Waals surface area contributed by atoms with Crippen LogP contribution in [0.3, 0.4) is 0 Å². The summed E-state index contributed by atoms with van der Waals surface area (Å²) in [6.07, 6.45) is -4.01. The van der Waals surface area contributed by atoms with Crippen molar-refractivity contribution in [2.75, 3.05) is 12.3 Å². The lowest BCUT2D eigenvalue weighted by atomic mass is 9.92. The van der Waals surface area contributed by atoms with Crippen LogP contribution in [0.25, 0.3) is 5.52 Å². The Morgan fingerprint density at radius 2 is 2.00 bits per heavy atom. The van der Waals surface area contributed by atoms with Gasteiger partial charge in [0.25, 0.3) is 0 Å². The first-order valence-electron chi connectivity index (χ1n) is 10.6. The molecular formula is C20H25N5O6. The number of aromatic nitrogens is 3. The van der Waals surface area contributed by atoms with Gasteiger partial charge >= 0.3 is 11.9 Å². The molecule has 0 aliphatic carbocycles. The number of hydrogen-bond acceptors (Lipinski definition) is 10. The van der Waals surface area contributed by atoms with E-state index in [9.17, 15) is 20.0 Å². The van der Waals surface area contributed by atoms with Gasteiger partial charge in [-0.05, 0) is 12.1 Å². The van der Waals surface area contributed by atoms with Crippen LogP contribution in [0.4, 0.5) is 5.82 Å². The van der Waals surface area contributed by atoms with E-state index in [1.165, 1.54) is 16.6 Å². The molecule has 0 amide bonds. The normalized spacial score (nSPS) is 27.1. The van der Waals surface area contributed by atoms with E-state index in [0.29, 0.717) is 5.52 Å². The third-order valence-corrected chi connectivity index (χ3v) is 4.90. The molecule has 0 radical (unpaired) electrons. The largest absolute Gasteiger partial charge is 0.455 e. The van der Waals surface area contributed by atoms with Crippen molar-refractivity contribution in [3.05, 3.63) is 24.2 Å². The number of nitrogens with two attached hydrogens (primary N) is 1. The Morgan fingerprint density at radius 3 is 2.58 bits per heavy atom. The van der Waals surface area contributed by atoms with E-state index in [1.807, 2.05) is 6.07 Å². The Kier molecular flexibility index (Phi) is 5.40. The lowest BCUT2D eigenvalue weighted by Crippen LogP contribution is -2.47. The zero-order chi connectivity index (χ0) is 24.7. The number of nitrogens with zero attached hydrogens (tertiary/aromatic N) is 4. The van der Waals surface area contributed by atoms with Crippen LogP contribution in [-0.4, -0.2) is 56.5 Å². The minimum absolute atomic E-state index is 0.0213. The summed E-state index contributed by atoms with van der Waals surface area (Å²) in [6, 6.07) is 4.86. The third-order valence-electron chi connectivity index (χ3n) is 4.90. The van der Waals surface area contributed by atoms with Crippen molar-refractivity contribution in [3.8, 4) is 6.07 Å². The predicted molar refractivity (Wildman–Crippen MR) is 106 cm³/mol. The number of aliphatic hydroxyl groups is 1. The van der Waals surface area contributed by atoms with Crippen LogP contribution in [0.1, 0.15) is 36.1 Å². The van der Waals surface area contributed by atoms with Crippen LogP contribution in [0.15, 0.2) is 18.5 Å². The molecule has 11 heteroatoms. The van der Waals surface area contributed by atoms with Crippen molar-refractivity contribution < 1.29 is 31.6 Å². The second kappa shape index (κ2) is 8.49. The molecule has 0 spiro atoms. The van der Waals surface area contributed by atoms with Crippen molar-refractivity contribution >= 4 is 23.3 Å². The van der Waals surface area contributed by atoms with Gasteiger partial charge < -0.3 is 25.1 Å². The second-order valence-corrected chi connectivity index (χ2v) is 7.74. The number of fused-ring (bicyclic) bond motifs is 1.